The van der Waals surface area contributed by atoms with Crippen molar-refractivity contribution in [2.75, 3.05) is 34.0 Å². The Morgan fingerprint density at radius 3 is 2.00 bits per heavy atom. The highest BCUT2D eigenvalue weighted by atomic mass is 16.8. The SMILES string of the molecule is COc1cc(/C=C\C(=O)O[C@H]2[C@H](O[C@@H]3O[C@@H](C)[C@H](O)[C@@H](O)[C@H]3O)[C@@H](O)[C@H](OCCc3ccc(O)c(OC)c3)O[C@@H]2CO[C@@H]2O[C@H](CO)[C@H](O)[C@H](O)[C@H]2O)ccc1O. The fourth-order valence-electron chi connectivity index (χ4n) is 6.45. The van der Waals surface area contributed by atoms with Gasteiger partial charge in [-0.15, -0.1) is 0 Å². The maximum atomic E-state index is 13.4. The second-order valence-electron chi connectivity index (χ2n) is 13.6. The number of ether oxygens (including phenoxy) is 9. The van der Waals surface area contributed by atoms with Gasteiger partial charge in [0.2, 0.25) is 0 Å². The summed E-state index contributed by atoms with van der Waals surface area (Å²) in [5, 5.41) is 104. The Labute approximate surface area is 326 Å². The van der Waals surface area contributed by atoms with Gasteiger partial charge in [-0.3, -0.25) is 0 Å². The lowest BCUT2D eigenvalue weighted by Crippen LogP contribution is -2.65. The van der Waals surface area contributed by atoms with Crippen LogP contribution in [-0.2, 0) is 44.4 Å². The summed E-state index contributed by atoms with van der Waals surface area (Å²) >= 11 is 0. The Bertz CT molecular complexity index is 1640. The zero-order valence-corrected chi connectivity index (χ0v) is 31.2. The van der Waals surface area contributed by atoms with E-state index in [2.05, 4.69) is 0 Å². The van der Waals surface area contributed by atoms with Crippen molar-refractivity contribution in [3.05, 3.63) is 53.6 Å². The highest BCUT2D eigenvalue weighted by molar-refractivity contribution is 5.87. The van der Waals surface area contributed by atoms with Gasteiger partial charge in [0.1, 0.15) is 61.0 Å². The third-order valence-corrected chi connectivity index (χ3v) is 9.77. The van der Waals surface area contributed by atoms with Gasteiger partial charge in [0.25, 0.3) is 0 Å². The molecule has 0 radical (unpaired) electrons. The average molecular weight is 815 g/mol. The van der Waals surface area contributed by atoms with Crippen LogP contribution in [-0.4, -0.2) is 183 Å². The first-order valence-corrected chi connectivity index (χ1v) is 18.0. The third kappa shape index (κ3) is 10.5. The van der Waals surface area contributed by atoms with E-state index in [0.717, 1.165) is 6.08 Å². The Kier molecular flexibility index (Phi) is 15.4. The monoisotopic (exact) mass is 814 g/mol. The second-order valence-corrected chi connectivity index (χ2v) is 13.6. The zero-order chi connectivity index (χ0) is 41.6. The van der Waals surface area contributed by atoms with Crippen LogP contribution in [0, 0.1) is 0 Å². The van der Waals surface area contributed by atoms with Gasteiger partial charge < -0.3 is 93.7 Å². The predicted octanol–water partition coefficient (Wildman–Crippen LogP) is -2.59. The van der Waals surface area contributed by atoms with Crippen LogP contribution in [0.2, 0.25) is 0 Å². The smallest absolute Gasteiger partial charge is 0.331 e. The molecule has 2 aromatic carbocycles. The number of aliphatic hydroxyl groups excluding tert-OH is 8. The van der Waals surface area contributed by atoms with E-state index in [4.69, 9.17) is 42.6 Å². The molecule has 3 aliphatic rings. The molecule has 0 unspecified atom stereocenters. The quantitative estimate of drug-likeness (QED) is 0.0652. The van der Waals surface area contributed by atoms with Crippen LogP contribution in [0.15, 0.2) is 42.5 Å². The molecule has 57 heavy (non-hydrogen) atoms. The molecule has 318 valence electrons. The molecule has 0 saturated carbocycles. The first-order valence-electron chi connectivity index (χ1n) is 18.0. The number of rotatable bonds is 15. The molecule has 2 aromatic rings. The van der Waals surface area contributed by atoms with E-state index >= 15 is 0 Å². The highest BCUT2D eigenvalue weighted by Crippen LogP contribution is 2.33. The lowest BCUT2D eigenvalue weighted by Gasteiger charge is -2.47. The third-order valence-electron chi connectivity index (χ3n) is 9.77. The number of hydrogen-bond donors (Lipinski definition) is 10. The van der Waals surface area contributed by atoms with Crippen molar-refractivity contribution in [3.8, 4) is 23.0 Å². The summed E-state index contributed by atoms with van der Waals surface area (Å²) in [6.07, 6.45) is -21.9. The predicted molar refractivity (Wildman–Crippen MR) is 190 cm³/mol. The van der Waals surface area contributed by atoms with Crippen LogP contribution in [0.1, 0.15) is 18.1 Å². The zero-order valence-electron chi connectivity index (χ0n) is 31.2. The van der Waals surface area contributed by atoms with Crippen molar-refractivity contribution in [2.45, 2.75) is 105 Å². The Morgan fingerprint density at radius 1 is 0.702 bits per heavy atom. The minimum Gasteiger partial charge on any atom is -0.504 e. The van der Waals surface area contributed by atoms with E-state index in [1.54, 1.807) is 12.1 Å². The molecule has 0 amide bonds. The molecular weight excluding hydrogens is 764 g/mol. The van der Waals surface area contributed by atoms with Gasteiger partial charge in [0, 0.05) is 6.08 Å². The van der Waals surface area contributed by atoms with Crippen LogP contribution < -0.4 is 9.47 Å². The summed E-state index contributed by atoms with van der Waals surface area (Å²) in [5.41, 5.74) is 1.08. The van der Waals surface area contributed by atoms with Gasteiger partial charge in [-0.1, -0.05) is 12.1 Å². The van der Waals surface area contributed by atoms with Crippen LogP contribution >= 0.6 is 0 Å². The van der Waals surface area contributed by atoms with Crippen molar-refractivity contribution < 1.29 is 98.5 Å². The van der Waals surface area contributed by atoms with E-state index in [1.165, 1.54) is 51.5 Å². The van der Waals surface area contributed by atoms with Gasteiger partial charge in [-0.05, 0) is 54.8 Å². The number of esters is 1. The first-order chi connectivity index (χ1) is 27.2. The van der Waals surface area contributed by atoms with Gasteiger partial charge in [0.05, 0.1) is 40.1 Å². The minimum absolute atomic E-state index is 0.0901. The Morgan fingerprint density at radius 2 is 1.32 bits per heavy atom. The molecule has 3 fully saturated rings. The number of phenols is 2. The number of hydrogen-bond acceptors (Lipinski definition) is 20. The summed E-state index contributed by atoms with van der Waals surface area (Å²) in [4.78, 5) is 13.4. The average Bonchev–Trinajstić information content (AvgIpc) is 3.20. The molecule has 20 heteroatoms. The lowest BCUT2D eigenvalue weighted by atomic mass is 9.96. The molecular formula is C37H50O20. The summed E-state index contributed by atoms with van der Waals surface area (Å²) < 4.78 is 50.9. The van der Waals surface area contributed by atoms with Crippen LogP contribution in [0.25, 0.3) is 6.08 Å². The maximum absolute atomic E-state index is 13.4. The van der Waals surface area contributed by atoms with Gasteiger partial charge in [0.15, 0.2) is 48.0 Å². The molecule has 0 bridgehead atoms. The van der Waals surface area contributed by atoms with E-state index in [0.29, 0.717) is 11.1 Å². The number of aliphatic hydroxyl groups is 8. The molecule has 20 nitrogen and oxygen atoms in total. The number of carbonyl (C=O) groups is 1. The molecule has 10 N–H and O–H groups in total. The molecule has 3 heterocycles. The molecule has 3 aliphatic heterocycles. The van der Waals surface area contributed by atoms with E-state index < -0.39 is 111 Å². The van der Waals surface area contributed by atoms with Crippen molar-refractivity contribution in [2.24, 2.45) is 0 Å². The van der Waals surface area contributed by atoms with E-state index in [1.807, 2.05) is 0 Å². The molecule has 3 saturated heterocycles. The number of benzene rings is 2. The molecule has 15 atom stereocenters. The Balaban J connectivity index is 1.44. The van der Waals surface area contributed by atoms with Crippen molar-refractivity contribution in [1.29, 1.82) is 0 Å². The van der Waals surface area contributed by atoms with Crippen molar-refractivity contribution in [3.63, 3.8) is 0 Å². The number of methoxy groups -OCH3 is 2. The number of phenolic OH excluding ortho intramolecular Hbond substituents is 2. The Hall–Kier alpha value is -3.71. The standard InChI is InChI=1S/C37H50O20/c1-16-26(42)28(44)31(47)37(53-16)57-34-32(48)36(51-11-10-18-5-8-20(40)22(13-18)50-3)55-24(15-52-35-30(46)29(45)27(43)23(14-38)54-35)33(34)56-25(41)9-6-17-4-7-19(39)21(12-17)49-2/h4-9,12-13,16,23-24,26-40,42-48H,10-11,14-15H2,1-3H3/b9-6-/t16-,23+,24+,26-,27-,28+,29-,30+,31+,32+,33+,34+,35+,36+,37-/m0/s1. The first kappa shape index (κ1) is 44.4. The van der Waals surface area contributed by atoms with Crippen LogP contribution in [0.4, 0.5) is 0 Å². The summed E-state index contributed by atoms with van der Waals surface area (Å²) in [6.45, 7) is -0.111. The summed E-state index contributed by atoms with van der Waals surface area (Å²) in [6, 6.07) is 8.86. The van der Waals surface area contributed by atoms with Crippen molar-refractivity contribution in [1.82, 2.24) is 0 Å². The molecule has 5 rings (SSSR count). The summed E-state index contributed by atoms with van der Waals surface area (Å²) in [7, 11) is 2.72. The highest BCUT2D eigenvalue weighted by Gasteiger charge is 2.53. The van der Waals surface area contributed by atoms with Gasteiger partial charge >= 0.3 is 5.97 Å². The number of carbonyl (C=O) groups excluding carboxylic acids is 1. The number of aromatic hydroxyl groups is 2. The second kappa shape index (κ2) is 19.8. The topological polar surface area (TPSA) is 302 Å². The lowest BCUT2D eigenvalue weighted by molar-refractivity contribution is -0.364. The van der Waals surface area contributed by atoms with E-state index in [9.17, 15) is 55.9 Å². The van der Waals surface area contributed by atoms with Crippen LogP contribution in [0.3, 0.4) is 0 Å². The van der Waals surface area contributed by atoms with Crippen molar-refractivity contribution >= 4 is 12.0 Å². The van der Waals surface area contributed by atoms with Crippen LogP contribution in [0.5, 0.6) is 23.0 Å². The largest absolute Gasteiger partial charge is 0.504 e. The molecule has 0 spiro atoms. The minimum atomic E-state index is -1.86. The normalized spacial score (nSPS) is 35.9. The maximum Gasteiger partial charge on any atom is 0.331 e. The van der Waals surface area contributed by atoms with E-state index in [-0.39, 0.29) is 36.0 Å². The van der Waals surface area contributed by atoms with Gasteiger partial charge in [-0.2, -0.15) is 0 Å². The molecule has 0 aliphatic carbocycles. The fraction of sp³-hybridized carbons (Fsp3) is 0.595. The summed E-state index contributed by atoms with van der Waals surface area (Å²) in [5.74, 6) is -0.935. The fourth-order valence-corrected chi connectivity index (χ4v) is 6.45. The van der Waals surface area contributed by atoms with Gasteiger partial charge in [-0.25, -0.2) is 4.79 Å². The molecule has 0 aromatic heterocycles.